The van der Waals surface area contributed by atoms with Crippen molar-refractivity contribution in [1.29, 1.82) is 0 Å². The Bertz CT molecular complexity index is 279. The fourth-order valence-electron chi connectivity index (χ4n) is 1.69. The van der Waals surface area contributed by atoms with Crippen LogP contribution in [0, 0.1) is 0 Å². The average molecular weight is 354 g/mol. The van der Waals surface area contributed by atoms with Gasteiger partial charge in [-0.2, -0.15) is 11.0 Å². The highest BCUT2D eigenvalue weighted by atomic mass is 31.2. The molecular formula is C13H35N6O3P. The second-order valence-electron chi connectivity index (χ2n) is 5.09. The maximum atomic E-state index is 12.6. The zero-order valence-corrected chi connectivity index (χ0v) is 15.2. The first kappa shape index (κ1) is 22.9. The maximum Gasteiger partial charge on any atom is 0.363 e. The number of nitrogens with two attached hydrogens (primary N) is 2. The molecule has 0 unspecified atom stereocenters. The lowest BCUT2D eigenvalue weighted by Gasteiger charge is -2.18. The Hall–Kier alpha value is -0.0900. The fraction of sp³-hybridized carbons (Fsp3) is 1.00. The lowest BCUT2D eigenvalue weighted by atomic mass is 10.3. The molecule has 0 heterocycles. The zero-order chi connectivity index (χ0) is 17.2. The topological polar surface area (TPSA) is 136 Å². The first-order valence-electron chi connectivity index (χ1n) is 8.42. The summed E-state index contributed by atoms with van der Waals surface area (Å²) >= 11 is 0. The normalized spacial score (nSPS) is 12.0. The van der Waals surface area contributed by atoms with Crippen LogP contribution in [0.4, 0.5) is 0 Å². The molecule has 0 aromatic rings. The number of unbranched alkanes of at least 4 members (excludes halogenated alkanes) is 2. The first-order valence-corrected chi connectivity index (χ1v) is 10.1. The average Bonchev–Trinajstić information content (AvgIpc) is 2.54. The van der Waals surface area contributed by atoms with Gasteiger partial charge in [-0.05, 0) is 6.42 Å². The predicted molar refractivity (Wildman–Crippen MR) is 94.0 cm³/mol. The third-order valence-electron chi connectivity index (χ3n) is 2.89. The molecule has 0 aliphatic rings. The number of hydroxylamine groups is 2. The van der Waals surface area contributed by atoms with Gasteiger partial charge >= 0.3 is 7.60 Å². The molecule has 0 radical (unpaired) electrons. The number of hydrogen-bond donors (Lipinski definition) is 6. The summed E-state index contributed by atoms with van der Waals surface area (Å²) in [5, 5.41) is 6.23. The summed E-state index contributed by atoms with van der Waals surface area (Å²) in [6, 6.07) is 0. The monoisotopic (exact) mass is 354 g/mol. The van der Waals surface area contributed by atoms with E-state index in [-0.39, 0.29) is 0 Å². The van der Waals surface area contributed by atoms with Gasteiger partial charge in [-0.15, -0.1) is 0 Å². The van der Waals surface area contributed by atoms with Crippen molar-refractivity contribution in [2.45, 2.75) is 26.2 Å². The molecule has 0 aliphatic heterocycles. The van der Waals surface area contributed by atoms with Crippen molar-refractivity contribution in [2.24, 2.45) is 11.5 Å². The summed E-state index contributed by atoms with van der Waals surface area (Å²) in [5.74, 6) is 0. The molecule has 0 atom stereocenters. The highest BCUT2D eigenvalue weighted by molar-refractivity contribution is 7.53. The Balaban J connectivity index is 3.95. The Morgan fingerprint density at radius 2 is 1.35 bits per heavy atom. The summed E-state index contributed by atoms with van der Waals surface area (Å²) < 4.78 is 23.2. The van der Waals surface area contributed by atoms with Gasteiger partial charge in [0.25, 0.3) is 0 Å². The lowest BCUT2D eigenvalue weighted by Crippen LogP contribution is -2.32. The molecule has 0 bridgehead atoms. The number of hydrogen-bond acceptors (Lipinski definition) is 9. The Kier molecular flexibility index (Phi) is 16.7. The van der Waals surface area contributed by atoms with Crippen LogP contribution in [0.25, 0.3) is 0 Å². The minimum atomic E-state index is -3.19. The molecule has 23 heavy (non-hydrogen) atoms. The van der Waals surface area contributed by atoms with E-state index < -0.39 is 7.60 Å². The molecule has 140 valence electrons. The summed E-state index contributed by atoms with van der Waals surface area (Å²) in [6.45, 7) is 7.16. The molecule has 0 amide bonds. The Morgan fingerprint density at radius 3 is 1.78 bits per heavy atom. The second kappa shape index (κ2) is 16.8. The molecule has 10 heteroatoms. The molecule has 0 aromatic heterocycles. The molecule has 0 aromatic carbocycles. The van der Waals surface area contributed by atoms with Crippen molar-refractivity contribution in [3.05, 3.63) is 0 Å². The quantitative estimate of drug-likeness (QED) is 0.109. The lowest BCUT2D eigenvalue weighted by molar-refractivity contribution is 0.101. The van der Waals surface area contributed by atoms with Crippen molar-refractivity contribution in [1.82, 2.24) is 21.6 Å². The van der Waals surface area contributed by atoms with Crippen LogP contribution in [-0.4, -0.2) is 58.5 Å². The summed E-state index contributed by atoms with van der Waals surface area (Å²) in [6.07, 6.45) is 3.22. The number of nitrogens with one attached hydrogen (secondary N) is 4. The van der Waals surface area contributed by atoms with Crippen molar-refractivity contribution in [2.75, 3.05) is 58.5 Å². The second-order valence-corrected chi connectivity index (χ2v) is 7.12. The van der Waals surface area contributed by atoms with Crippen molar-refractivity contribution >= 4 is 7.60 Å². The molecule has 0 spiro atoms. The Morgan fingerprint density at radius 1 is 0.826 bits per heavy atom. The van der Waals surface area contributed by atoms with Crippen molar-refractivity contribution in [3.63, 3.8) is 0 Å². The summed E-state index contributed by atoms with van der Waals surface area (Å²) in [4.78, 5) is 0. The van der Waals surface area contributed by atoms with Gasteiger partial charge in [0.1, 0.15) is 0 Å². The summed E-state index contributed by atoms with van der Waals surface area (Å²) in [5.41, 5.74) is 16.2. The molecule has 0 aliphatic carbocycles. The van der Waals surface area contributed by atoms with Crippen LogP contribution in [0.3, 0.4) is 0 Å². The smallest absolute Gasteiger partial charge is 0.329 e. The van der Waals surface area contributed by atoms with Crippen molar-refractivity contribution in [3.8, 4) is 0 Å². The van der Waals surface area contributed by atoms with Gasteiger partial charge < -0.3 is 22.1 Å². The highest BCUT2D eigenvalue weighted by Crippen LogP contribution is 2.46. The van der Waals surface area contributed by atoms with Crippen LogP contribution in [0.15, 0.2) is 0 Å². The van der Waals surface area contributed by atoms with Gasteiger partial charge in [0.15, 0.2) is 0 Å². The van der Waals surface area contributed by atoms with Crippen LogP contribution in [-0.2, 0) is 13.8 Å². The fourth-order valence-corrected chi connectivity index (χ4v) is 3.09. The molecule has 0 saturated carbocycles. The predicted octanol–water partition coefficient (Wildman–Crippen LogP) is -0.491. The van der Waals surface area contributed by atoms with Gasteiger partial charge in [-0.3, -0.25) is 4.57 Å². The molecule has 0 saturated heterocycles. The van der Waals surface area contributed by atoms with E-state index in [4.69, 9.17) is 20.7 Å². The minimum absolute atomic E-state index is 0.382. The Labute approximate surface area is 140 Å². The van der Waals surface area contributed by atoms with Gasteiger partial charge in [-0.1, -0.05) is 19.8 Å². The van der Waals surface area contributed by atoms with Gasteiger partial charge in [-0.25, -0.2) is 9.25 Å². The minimum Gasteiger partial charge on any atom is -0.329 e. The van der Waals surface area contributed by atoms with E-state index in [2.05, 4.69) is 28.5 Å². The molecule has 9 nitrogen and oxygen atoms in total. The number of rotatable bonds is 18. The SMILES string of the molecule is CCCCCP(=O)(ONCCNCCN)ONCCNCCN. The van der Waals surface area contributed by atoms with E-state index in [1.54, 1.807) is 0 Å². The first-order chi connectivity index (χ1) is 11.2. The zero-order valence-electron chi connectivity index (χ0n) is 14.3. The van der Waals surface area contributed by atoms with Crippen LogP contribution in [0.2, 0.25) is 0 Å². The van der Waals surface area contributed by atoms with E-state index in [0.717, 1.165) is 32.4 Å². The van der Waals surface area contributed by atoms with E-state index >= 15 is 0 Å². The maximum absolute atomic E-state index is 12.6. The molecular weight excluding hydrogens is 319 g/mol. The largest absolute Gasteiger partial charge is 0.363 e. The van der Waals surface area contributed by atoms with Crippen LogP contribution in [0.5, 0.6) is 0 Å². The third-order valence-corrected chi connectivity index (χ3v) is 4.57. The standard InChI is InChI=1S/C13H35N6O3P/c1-2-3-4-13-23(20,21-18-11-9-16-7-5-14)22-19-12-10-17-8-6-15/h16-19H,2-15H2,1H3. The van der Waals surface area contributed by atoms with E-state index in [1.165, 1.54) is 0 Å². The molecule has 0 fully saturated rings. The van der Waals surface area contributed by atoms with E-state index in [0.29, 0.717) is 45.4 Å². The van der Waals surface area contributed by atoms with Crippen LogP contribution < -0.4 is 33.1 Å². The third kappa shape index (κ3) is 15.2. The van der Waals surface area contributed by atoms with Gasteiger partial charge in [0.05, 0.1) is 6.16 Å². The van der Waals surface area contributed by atoms with E-state index in [1.807, 2.05) is 0 Å². The van der Waals surface area contributed by atoms with Gasteiger partial charge in [0.2, 0.25) is 0 Å². The van der Waals surface area contributed by atoms with Gasteiger partial charge in [0, 0.05) is 52.4 Å². The molecule has 8 N–H and O–H groups in total. The highest BCUT2D eigenvalue weighted by Gasteiger charge is 2.25. The van der Waals surface area contributed by atoms with Crippen LogP contribution in [0.1, 0.15) is 26.2 Å². The molecule has 0 rings (SSSR count). The summed E-state index contributed by atoms with van der Waals surface area (Å²) in [7, 11) is -3.19. The van der Waals surface area contributed by atoms with E-state index in [9.17, 15) is 4.57 Å². The van der Waals surface area contributed by atoms with Crippen LogP contribution >= 0.6 is 7.60 Å². The van der Waals surface area contributed by atoms with Crippen molar-refractivity contribution < 1.29 is 13.8 Å².